The number of nitrogens with zero attached hydrogens (tertiary/aromatic N) is 1. The van der Waals surface area contributed by atoms with Crippen LogP contribution in [0.5, 0.6) is 0 Å². The quantitative estimate of drug-likeness (QED) is 0.606. The molecule has 1 saturated heterocycles. The zero-order chi connectivity index (χ0) is 22.3. The molecule has 1 amide bonds. The van der Waals surface area contributed by atoms with E-state index < -0.39 is 22.0 Å². The summed E-state index contributed by atoms with van der Waals surface area (Å²) >= 11 is 0. The maximum atomic E-state index is 12.8. The smallest absolute Gasteiger partial charge is 0.338 e. The largest absolute Gasteiger partial charge is 0.462 e. The van der Waals surface area contributed by atoms with Crippen LogP contribution in [0.25, 0.3) is 0 Å². The summed E-state index contributed by atoms with van der Waals surface area (Å²) in [6.07, 6.45) is 0.449. The third-order valence-electron chi connectivity index (χ3n) is 4.60. The number of carbonyl (C=O) groups is 3. The average Bonchev–Trinajstić information content (AvgIpc) is 2.72. The van der Waals surface area contributed by atoms with Gasteiger partial charge < -0.3 is 14.8 Å². The molecule has 0 saturated carbocycles. The lowest BCUT2D eigenvalue weighted by Gasteiger charge is -2.30. The van der Waals surface area contributed by atoms with Crippen LogP contribution in [0.1, 0.15) is 44.0 Å². The third-order valence-corrected chi connectivity index (χ3v) is 6.51. The van der Waals surface area contributed by atoms with E-state index in [1.165, 1.54) is 28.6 Å². The molecule has 1 N–H and O–H groups in total. The summed E-state index contributed by atoms with van der Waals surface area (Å²) in [5, 5.41) is 2.54. The van der Waals surface area contributed by atoms with Crippen LogP contribution >= 0.6 is 0 Å². The van der Waals surface area contributed by atoms with Crippen molar-refractivity contribution < 1.29 is 32.3 Å². The molecule has 0 radical (unpaired) electrons. The molecule has 30 heavy (non-hydrogen) atoms. The van der Waals surface area contributed by atoms with Gasteiger partial charge in [0.15, 0.2) is 0 Å². The van der Waals surface area contributed by atoms with Crippen LogP contribution in [-0.4, -0.2) is 62.9 Å². The molecule has 1 heterocycles. The summed E-state index contributed by atoms with van der Waals surface area (Å²) in [5.41, 5.74) is 0.280. The van der Waals surface area contributed by atoms with Crippen LogP contribution in [0.4, 0.5) is 0 Å². The van der Waals surface area contributed by atoms with E-state index in [1.54, 1.807) is 20.8 Å². The minimum atomic E-state index is -3.73. The van der Waals surface area contributed by atoms with Gasteiger partial charge in [0.25, 0.3) is 0 Å². The number of ether oxygens (including phenoxy) is 2. The first-order valence-electron chi connectivity index (χ1n) is 9.89. The second-order valence-electron chi connectivity index (χ2n) is 7.18. The minimum Gasteiger partial charge on any atom is -0.462 e. The summed E-state index contributed by atoms with van der Waals surface area (Å²) < 4.78 is 36.9. The normalized spacial score (nSPS) is 15.6. The molecule has 0 unspecified atom stereocenters. The molecule has 0 spiro atoms. The fraction of sp³-hybridized carbons (Fsp3) is 0.550. The number of hydrogen-bond donors (Lipinski definition) is 1. The third kappa shape index (κ3) is 6.27. The van der Waals surface area contributed by atoms with Crippen molar-refractivity contribution in [2.75, 3.05) is 26.2 Å². The van der Waals surface area contributed by atoms with Gasteiger partial charge in [-0.15, -0.1) is 0 Å². The van der Waals surface area contributed by atoms with Crippen LogP contribution in [-0.2, 0) is 29.1 Å². The van der Waals surface area contributed by atoms with Gasteiger partial charge in [0.2, 0.25) is 15.9 Å². The van der Waals surface area contributed by atoms with E-state index in [4.69, 9.17) is 9.47 Å². The van der Waals surface area contributed by atoms with Crippen molar-refractivity contribution in [2.45, 2.75) is 44.6 Å². The van der Waals surface area contributed by atoms with Crippen LogP contribution in [0.3, 0.4) is 0 Å². The second-order valence-corrected chi connectivity index (χ2v) is 9.12. The predicted octanol–water partition coefficient (Wildman–Crippen LogP) is 1.33. The van der Waals surface area contributed by atoms with E-state index in [-0.39, 0.29) is 54.6 Å². The molecular formula is C20H28N2O7S. The first-order chi connectivity index (χ1) is 14.1. The summed E-state index contributed by atoms with van der Waals surface area (Å²) in [6.45, 7) is 5.55. The Bertz CT molecular complexity index is 858. The molecular weight excluding hydrogens is 412 g/mol. The molecule has 1 aliphatic heterocycles. The molecule has 1 aromatic rings. The number of amides is 1. The molecule has 1 aromatic carbocycles. The zero-order valence-corrected chi connectivity index (χ0v) is 18.2. The van der Waals surface area contributed by atoms with Gasteiger partial charge in [-0.1, -0.05) is 0 Å². The van der Waals surface area contributed by atoms with Crippen molar-refractivity contribution in [2.24, 2.45) is 5.92 Å². The number of rotatable bonds is 8. The van der Waals surface area contributed by atoms with Gasteiger partial charge in [-0.2, -0.15) is 4.31 Å². The highest BCUT2D eigenvalue weighted by atomic mass is 32.2. The van der Waals surface area contributed by atoms with Crippen LogP contribution in [0, 0.1) is 5.92 Å². The van der Waals surface area contributed by atoms with Crippen molar-refractivity contribution in [3.8, 4) is 0 Å². The van der Waals surface area contributed by atoms with Gasteiger partial charge >= 0.3 is 11.9 Å². The number of piperidine rings is 1. The Hall–Kier alpha value is -2.46. The average molecular weight is 441 g/mol. The van der Waals surface area contributed by atoms with Gasteiger partial charge in [0, 0.05) is 19.0 Å². The second kappa shape index (κ2) is 10.5. The van der Waals surface area contributed by atoms with Crippen molar-refractivity contribution in [1.29, 1.82) is 0 Å². The van der Waals surface area contributed by atoms with Crippen molar-refractivity contribution in [1.82, 2.24) is 9.62 Å². The SMILES string of the molecule is CCOC(=O)c1ccc(S(=O)(=O)N2CCC(C(=O)NCC(=O)OC(C)C)CC2)cc1. The Morgan fingerprint density at radius 2 is 1.73 bits per heavy atom. The topological polar surface area (TPSA) is 119 Å². The highest BCUT2D eigenvalue weighted by Gasteiger charge is 2.32. The predicted molar refractivity (Wildman–Crippen MR) is 108 cm³/mol. The summed E-state index contributed by atoms with van der Waals surface area (Å²) in [6, 6.07) is 5.59. The molecule has 10 heteroatoms. The Labute approximate surface area is 176 Å². The molecule has 0 aromatic heterocycles. The molecule has 2 rings (SSSR count). The number of carbonyl (C=O) groups excluding carboxylic acids is 3. The zero-order valence-electron chi connectivity index (χ0n) is 17.4. The molecule has 1 aliphatic rings. The summed E-state index contributed by atoms with van der Waals surface area (Å²) in [4.78, 5) is 35.6. The monoisotopic (exact) mass is 440 g/mol. The maximum absolute atomic E-state index is 12.8. The standard InChI is InChI=1S/C20H28N2O7S/c1-4-28-20(25)16-5-7-17(8-6-16)30(26,27)22-11-9-15(10-12-22)19(24)21-13-18(23)29-14(2)3/h5-8,14-15H,4,9-13H2,1-3H3,(H,21,24). The molecule has 0 atom stereocenters. The fourth-order valence-corrected chi connectivity index (χ4v) is 4.56. The molecule has 1 fully saturated rings. The van der Waals surface area contributed by atoms with Crippen molar-refractivity contribution in [3.63, 3.8) is 0 Å². The Kier molecular flexibility index (Phi) is 8.36. The van der Waals surface area contributed by atoms with E-state index in [1.807, 2.05) is 0 Å². The summed E-state index contributed by atoms with van der Waals surface area (Å²) in [7, 11) is -3.73. The van der Waals surface area contributed by atoms with E-state index in [0.717, 1.165) is 0 Å². The maximum Gasteiger partial charge on any atom is 0.338 e. The van der Waals surface area contributed by atoms with Crippen molar-refractivity contribution in [3.05, 3.63) is 29.8 Å². The van der Waals surface area contributed by atoms with E-state index in [9.17, 15) is 22.8 Å². The number of sulfonamides is 1. The lowest BCUT2D eigenvalue weighted by Crippen LogP contribution is -2.44. The number of nitrogens with one attached hydrogen (secondary N) is 1. The van der Waals surface area contributed by atoms with E-state index in [0.29, 0.717) is 12.8 Å². The number of hydrogen-bond acceptors (Lipinski definition) is 7. The van der Waals surface area contributed by atoms with Gasteiger partial charge in [-0.05, 0) is 57.9 Å². The number of benzene rings is 1. The highest BCUT2D eigenvalue weighted by Crippen LogP contribution is 2.24. The van der Waals surface area contributed by atoms with Gasteiger partial charge in [0.1, 0.15) is 6.54 Å². The Morgan fingerprint density at radius 1 is 1.13 bits per heavy atom. The highest BCUT2D eigenvalue weighted by molar-refractivity contribution is 7.89. The van der Waals surface area contributed by atoms with Gasteiger partial charge in [-0.25, -0.2) is 13.2 Å². The minimum absolute atomic E-state index is 0.0786. The van der Waals surface area contributed by atoms with Crippen LogP contribution < -0.4 is 5.32 Å². The molecule has 9 nitrogen and oxygen atoms in total. The van der Waals surface area contributed by atoms with Crippen LogP contribution in [0.2, 0.25) is 0 Å². The molecule has 0 aliphatic carbocycles. The number of esters is 2. The first-order valence-corrected chi connectivity index (χ1v) is 11.3. The molecule has 166 valence electrons. The van der Waals surface area contributed by atoms with Gasteiger partial charge in [-0.3, -0.25) is 9.59 Å². The van der Waals surface area contributed by atoms with Crippen molar-refractivity contribution >= 4 is 27.9 Å². The molecule has 0 bridgehead atoms. The lowest BCUT2D eigenvalue weighted by molar-refractivity contribution is -0.147. The van der Waals surface area contributed by atoms with Crippen LogP contribution in [0.15, 0.2) is 29.2 Å². The lowest BCUT2D eigenvalue weighted by atomic mass is 9.97. The summed E-state index contributed by atoms with van der Waals surface area (Å²) in [5.74, 6) is -1.67. The Morgan fingerprint density at radius 3 is 2.27 bits per heavy atom. The van der Waals surface area contributed by atoms with E-state index in [2.05, 4.69) is 5.32 Å². The first kappa shape index (κ1) is 23.8. The Balaban J connectivity index is 1.91. The van der Waals surface area contributed by atoms with E-state index >= 15 is 0 Å². The fourth-order valence-electron chi connectivity index (χ4n) is 3.09. The van der Waals surface area contributed by atoms with Gasteiger partial charge in [0.05, 0.1) is 23.2 Å².